The highest BCUT2D eigenvalue weighted by molar-refractivity contribution is 7.20. The summed E-state index contributed by atoms with van der Waals surface area (Å²) < 4.78 is 14.0. The van der Waals surface area contributed by atoms with Crippen molar-refractivity contribution in [3.63, 3.8) is 0 Å². The molecule has 0 spiro atoms. The molecule has 1 N–H and O–H groups in total. The SMILES string of the molecule is CCOc1ccc(C2CC(=O)Nc3c2c(C)nn3-c2nc3ccc(OCC)cc3s2)cc1. The first-order valence-electron chi connectivity index (χ1n) is 10.7. The van der Waals surface area contributed by atoms with Crippen molar-refractivity contribution in [3.05, 3.63) is 59.3 Å². The average molecular weight is 449 g/mol. The Morgan fingerprint density at radius 1 is 1.09 bits per heavy atom. The number of benzene rings is 2. The lowest BCUT2D eigenvalue weighted by Crippen LogP contribution is -2.24. The smallest absolute Gasteiger partial charge is 0.226 e. The van der Waals surface area contributed by atoms with Crippen LogP contribution in [0, 0.1) is 6.92 Å². The third-order valence-corrected chi connectivity index (χ3v) is 6.53. The Hall–Kier alpha value is -3.39. The first kappa shape index (κ1) is 20.5. The summed E-state index contributed by atoms with van der Waals surface area (Å²) in [6.45, 7) is 7.14. The molecule has 3 heterocycles. The highest BCUT2D eigenvalue weighted by Gasteiger charge is 2.33. The van der Waals surface area contributed by atoms with Crippen molar-refractivity contribution in [2.45, 2.75) is 33.1 Å². The lowest BCUT2D eigenvalue weighted by atomic mass is 9.86. The van der Waals surface area contributed by atoms with Crippen LogP contribution >= 0.6 is 11.3 Å². The second-order valence-corrected chi connectivity index (χ2v) is 8.63. The Labute approximate surface area is 190 Å². The first-order valence-corrected chi connectivity index (χ1v) is 11.5. The zero-order chi connectivity index (χ0) is 22.2. The minimum absolute atomic E-state index is 0.0303. The lowest BCUT2D eigenvalue weighted by molar-refractivity contribution is -0.116. The number of hydrogen-bond acceptors (Lipinski definition) is 6. The normalized spacial score (nSPS) is 15.5. The summed E-state index contributed by atoms with van der Waals surface area (Å²) in [7, 11) is 0. The number of fused-ring (bicyclic) bond motifs is 2. The lowest BCUT2D eigenvalue weighted by Gasteiger charge is -2.24. The third-order valence-electron chi connectivity index (χ3n) is 5.54. The van der Waals surface area contributed by atoms with Gasteiger partial charge in [-0.2, -0.15) is 9.78 Å². The molecule has 7 nitrogen and oxygen atoms in total. The van der Waals surface area contributed by atoms with E-state index in [9.17, 15) is 4.79 Å². The summed E-state index contributed by atoms with van der Waals surface area (Å²) in [4.78, 5) is 17.4. The van der Waals surface area contributed by atoms with Gasteiger partial charge in [-0.15, -0.1) is 0 Å². The number of nitrogens with one attached hydrogen (secondary N) is 1. The molecule has 2 aromatic carbocycles. The maximum atomic E-state index is 12.7. The molecule has 1 aliphatic rings. The van der Waals surface area contributed by atoms with E-state index in [0.29, 0.717) is 30.6 Å². The Kier molecular flexibility index (Phi) is 5.30. The average Bonchev–Trinajstić information content (AvgIpc) is 3.35. The molecule has 0 bridgehead atoms. The molecule has 164 valence electrons. The molecular weight excluding hydrogens is 424 g/mol. The molecule has 1 amide bonds. The predicted molar refractivity (Wildman–Crippen MR) is 125 cm³/mol. The van der Waals surface area contributed by atoms with Gasteiger partial charge in [-0.25, -0.2) is 4.98 Å². The van der Waals surface area contributed by atoms with Gasteiger partial charge in [-0.3, -0.25) is 4.79 Å². The number of carbonyl (C=O) groups is 1. The predicted octanol–water partition coefficient (Wildman–Crippen LogP) is 5.06. The zero-order valence-electron chi connectivity index (χ0n) is 18.2. The first-order chi connectivity index (χ1) is 15.6. The van der Waals surface area contributed by atoms with Crippen LogP contribution in [0.2, 0.25) is 0 Å². The molecule has 0 radical (unpaired) electrons. The topological polar surface area (TPSA) is 78.3 Å². The third kappa shape index (κ3) is 3.60. The molecule has 5 rings (SSSR count). The summed E-state index contributed by atoms with van der Waals surface area (Å²) in [5.74, 6) is 2.24. The number of nitrogens with zero attached hydrogens (tertiary/aromatic N) is 3. The van der Waals surface area contributed by atoms with Crippen LogP contribution in [0.25, 0.3) is 15.3 Å². The zero-order valence-corrected chi connectivity index (χ0v) is 19.0. The van der Waals surface area contributed by atoms with Crippen LogP contribution in [0.1, 0.15) is 43.0 Å². The van der Waals surface area contributed by atoms with Crippen molar-refractivity contribution in [2.24, 2.45) is 0 Å². The maximum Gasteiger partial charge on any atom is 0.226 e. The summed E-state index contributed by atoms with van der Waals surface area (Å²) in [6, 6.07) is 13.8. The highest BCUT2D eigenvalue weighted by Crippen LogP contribution is 2.41. The van der Waals surface area contributed by atoms with E-state index in [1.807, 2.05) is 63.2 Å². The number of rotatable bonds is 6. The van der Waals surface area contributed by atoms with E-state index >= 15 is 0 Å². The molecular formula is C24H24N4O3S. The van der Waals surface area contributed by atoms with Crippen molar-refractivity contribution >= 4 is 33.3 Å². The molecule has 1 atom stereocenters. The van der Waals surface area contributed by atoms with Crippen LogP contribution in [0.15, 0.2) is 42.5 Å². The number of carbonyl (C=O) groups excluding carboxylic acids is 1. The molecule has 0 saturated carbocycles. The number of hydrogen-bond donors (Lipinski definition) is 1. The van der Waals surface area contributed by atoms with Gasteiger partial charge in [-0.1, -0.05) is 23.5 Å². The monoisotopic (exact) mass is 448 g/mol. The van der Waals surface area contributed by atoms with Gasteiger partial charge in [-0.05, 0) is 56.7 Å². The van der Waals surface area contributed by atoms with E-state index in [4.69, 9.17) is 19.6 Å². The maximum absolute atomic E-state index is 12.7. The van der Waals surface area contributed by atoms with E-state index < -0.39 is 0 Å². The van der Waals surface area contributed by atoms with Crippen LogP contribution in [-0.2, 0) is 4.79 Å². The van der Waals surface area contributed by atoms with Gasteiger partial charge in [0, 0.05) is 17.9 Å². The van der Waals surface area contributed by atoms with Crippen LogP contribution in [0.4, 0.5) is 5.82 Å². The van der Waals surface area contributed by atoms with Crippen molar-refractivity contribution in [1.29, 1.82) is 0 Å². The van der Waals surface area contributed by atoms with Crippen molar-refractivity contribution in [2.75, 3.05) is 18.5 Å². The standard InChI is InChI=1S/C24H24N4O3S/c1-4-30-16-8-6-15(7-9-16)18-13-21(29)26-23-22(18)14(3)27-28(23)24-25-19-11-10-17(31-5-2)12-20(19)32-24/h6-12,18H,4-5,13H2,1-3H3,(H,26,29). The van der Waals surface area contributed by atoms with Crippen LogP contribution < -0.4 is 14.8 Å². The Morgan fingerprint density at radius 3 is 2.56 bits per heavy atom. The van der Waals surface area contributed by atoms with E-state index in [0.717, 1.165) is 38.5 Å². The van der Waals surface area contributed by atoms with Gasteiger partial charge in [0.2, 0.25) is 11.0 Å². The molecule has 2 aromatic heterocycles. The van der Waals surface area contributed by atoms with Gasteiger partial charge < -0.3 is 14.8 Å². The Balaban J connectivity index is 1.56. The van der Waals surface area contributed by atoms with E-state index in [1.54, 1.807) is 4.68 Å². The molecule has 4 aromatic rings. The number of amides is 1. The molecule has 0 saturated heterocycles. The summed E-state index contributed by atoms with van der Waals surface area (Å²) in [6.07, 6.45) is 0.380. The number of aromatic nitrogens is 3. The number of aryl methyl sites for hydroxylation is 1. The van der Waals surface area contributed by atoms with Crippen LogP contribution in [0.5, 0.6) is 11.5 Å². The fourth-order valence-electron chi connectivity index (χ4n) is 4.17. The summed E-state index contributed by atoms with van der Waals surface area (Å²) in [5, 5.41) is 8.52. The van der Waals surface area contributed by atoms with Gasteiger partial charge >= 0.3 is 0 Å². The van der Waals surface area contributed by atoms with Crippen molar-refractivity contribution in [3.8, 4) is 16.6 Å². The Morgan fingerprint density at radius 2 is 1.81 bits per heavy atom. The van der Waals surface area contributed by atoms with Gasteiger partial charge in [0.15, 0.2) is 0 Å². The van der Waals surface area contributed by atoms with Crippen LogP contribution in [0.3, 0.4) is 0 Å². The number of thiazole rings is 1. The molecule has 32 heavy (non-hydrogen) atoms. The second kappa shape index (κ2) is 8.27. The van der Waals surface area contributed by atoms with E-state index in [2.05, 4.69) is 5.32 Å². The van der Waals surface area contributed by atoms with Gasteiger partial charge in [0.1, 0.15) is 17.3 Å². The van der Waals surface area contributed by atoms with Crippen molar-refractivity contribution < 1.29 is 14.3 Å². The molecule has 1 aliphatic heterocycles. The van der Waals surface area contributed by atoms with E-state index in [1.165, 1.54) is 11.3 Å². The van der Waals surface area contributed by atoms with Crippen molar-refractivity contribution in [1.82, 2.24) is 14.8 Å². The molecule has 1 unspecified atom stereocenters. The summed E-state index contributed by atoms with van der Waals surface area (Å²) >= 11 is 1.52. The second-order valence-electron chi connectivity index (χ2n) is 7.63. The number of ether oxygens (including phenoxy) is 2. The van der Waals surface area contributed by atoms with E-state index in [-0.39, 0.29) is 11.8 Å². The van der Waals surface area contributed by atoms with Crippen LogP contribution in [-0.4, -0.2) is 33.9 Å². The molecule has 0 aliphatic carbocycles. The van der Waals surface area contributed by atoms with Gasteiger partial charge in [0.25, 0.3) is 0 Å². The summed E-state index contributed by atoms with van der Waals surface area (Å²) in [5.41, 5.74) is 3.86. The molecule has 0 fully saturated rings. The fourth-order valence-corrected chi connectivity index (χ4v) is 5.13. The molecule has 8 heteroatoms. The quantitative estimate of drug-likeness (QED) is 0.446. The minimum Gasteiger partial charge on any atom is -0.494 e. The Bertz CT molecular complexity index is 1290. The minimum atomic E-state index is -0.0675. The number of anilines is 1. The van der Waals surface area contributed by atoms with Gasteiger partial charge in [0.05, 0.1) is 29.1 Å². The highest BCUT2D eigenvalue weighted by atomic mass is 32.1. The fraction of sp³-hybridized carbons (Fsp3) is 0.292. The largest absolute Gasteiger partial charge is 0.494 e.